The average molecular weight is 261 g/mol. The SMILES string of the molecule is Cc1ccn(-c2ccc(N3CCSCC3)nn2)n1. The predicted octanol–water partition coefficient (Wildman–Crippen LogP) is 1.52. The second kappa shape index (κ2) is 4.97. The van der Waals surface area contributed by atoms with Gasteiger partial charge in [-0.15, -0.1) is 10.2 Å². The highest BCUT2D eigenvalue weighted by Gasteiger charge is 2.12. The van der Waals surface area contributed by atoms with Crippen LogP contribution < -0.4 is 4.90 Å². The van der Waals surface area contributed by atoms with Crippen LogP contribution in [0.2, 0.25) is 0 Å². The van der Waals surface area contributed by atoms with Gasteiger partial charge in [-0.3, -0.25) is 0 Å². The summed E-state index contributed by atoms with van der Waals surface area (Å²) in [5, 5.41) is 12.9. The van der Waals surface area contributed by atoms with Crippen molar-refractivity contribution in [3.63, 3.8) is 0 Å². The number of aryl methyl sites for hydroxylation is 1. The fraction of sp³-hybridized carbons (Fsp3) is 0.417. The van der Waals surface area contributed by atoms with Gasteiger partial charge in [-0.1, -0.05) is 0 Å². The van der Waals surface area contributed by atoms with E-state index in [1.54, 1.807) is 4.68 Å². The number of rotatable bonds is 2. The van der Waals surface area contributed by atoms with Gasteiger partial charge in [0.2, 0.25) is 0 Å². The maximum Gasteiger partial charge on any atom is 0.175 e. The van der Waals surface area contributed by atoms with Crippen molar-refractivity contribution in [2.75, 3.05) is 29.5 Å². The van der Waals surface area contributed by atoms with Gasteiger partial charge in [-0.2, -0.15) is 16.9 Å². The van der Waals surface area contributed by atoms with Gasteiger partial charge in [0.15, 0.2) is 11.6 Å². The Labute approximate surface area is 110 Å². The van der Waals surface area contributed by atoms with Crippen LogP contribution in [-0.2, 0) is 0 Å². The largest absolute Gasteiger partial charge is 0.353 e. The molecule has 94 valence electrons. The molecule has 1 saturated heterocycles. The fourth-order valence-electron chi connectivity index (χ4n) is 1.94. The summed E-state index contributed by atoms with van der Waals surface area (Å²) >= 11 is 1.99. The molecule has 2 aromatic rings. The van der Waals surface area contributed by atoms with Crippen LogP contribution in [0.25, 0.3) is 5.82 Å². The minimum atomic E-state index is 0.762. The van der Waals surface area contributed by atoms with Gasteiger partial charge in [-0.25, -0.2) is 4.68 Å². The first-order valence-corrected chi connectivity index (χ1v) is 7.17. The van der Waals surface area contributed by atoms with E-state index in [0.717, 1.165) is 30.4 Å². The second-order valence-corrected chi connectivity index (χ2v) is 5.48. The molecule has 0 unspecified atom stereocenters. The Morgan fingerprint density at radius 2 is 1.78 bits per heavy atom. The quantitative estimate of drug-likeness (QED) is 0.820. The highest BCUT2D eigenvalue weighted by atomic mass is 32.2. The van der Waals surface area contributed by atoms with Crippen molar-refractivity contribution in [1.29, 1.82) is 0 Å². The summed E-state index contributed by atoms with van der Waals surface area (Å²) in [5.41, 5.74) is 0.980. The number of hydrogen-bond acceptors (Lipinski definition) is 5. The smallest absolute Gasteiger partial charge is 0.175 e. The lowest BCUT2D eigenvalue weighted by atomic mass is 10.4. The second-order valence-electron chi connectivity index (χ2n) is 4.25. The zero-order valence-electron chi connectivity index (χ0n) is 10.3. The molecule has 5 nitrogen and oxygen atoms in total. The molecular weight excluding hydrogens is 246 g/mol. The molecule has 0 bridgehead atoms. The lowest BCUT2D eigenvalue weighted by Gasteiger charge is -2.26. The van der Waals surface area contributed by atoms with Gasteiger partial charge in [0.05, 0.1) is 5.69 Å². The van der Waals surface area contributed by atoms with Crippen LogP contribution in [0.5, 0.6) is 0 Å². The highest BCUT2D eigenvalue weighted by molar-refractivity contribution is 7.99. The van der Waals surface area contributed by atoms with E-state index in [9.17, 15) is 0 Å². The van der Waals surface area contributed by atoms with Crippen LogP contribution in [-0.4, -0.2) is 44.6 Å². The number of aromatic nitrogens is 4. The van der Waals surface area contributed by atoms with Gasteiger partial charge < -0.3 is 4.90 Å². The average Bonchev–Trinajstić information content (AvgIpc) is 2.87. The molecule has 0 spiro atoms. The van der Waals surface area contributed by atoms with Crippen molar-refractivity contribution in [1.82, 2.24) is 20.0 Å². The molecule has 0 aromatic carbocycles. The third kappa shape index (κ3) is 2.33. The van der Waals surface area contributed by atoms with E-state index in [2.05, 4.69) is 20.2 Å². The van der Waals surface area contributed by atoms with E-state index in [1.165, 1.54) is 11.5 Å². The van der Waals surface area contributed by atoms with Crippen molar-refractivity contribution in [2.24, 2.45) is 0 Å². The van der Waals surface area contributed by atoms with E-state index in [0.29, 0.717) is 0 Å². The fourth-order valence-corrected chi connectivity index (χ4v) is 2.85. The minimum absolute atomic E-state index is 0.762. The number of hydrogen-bond donors (Lipinski definition) is 0. The summed E-state index contributed by atoms with van der Waals surface area (Å²) in [6.07, 6.45) is 1.90. The third-order valence-corrected chi connectivity index (χ3v) is 3.87. The van der Waals surface area contributed by atoms with Crippen LogP contribution >= 0.6 is 11.8 Å². The number of thioether (sulfide) groups is 1. The maximum absolute atomic E-state index is 4.32. The molecule has 3 rings (SSSR count). The molecule has 3 heterocycles. The lowest BCUT2D eigenvalue weighted by Crippen LogP contribution is -2.33. The Balaban J connectivity index is 1.80. The summed E-state index contributed by atoms with van der Waals surface area (Å²) in [6, 6.07) is 5.95. The summed E-state index contributed by atoms with van der Waals surface area (Å²) < 4.78 is 1.75. The molecule has 6 heteroatoms. The van der Waals surface area contributed by atoms with Crippen molar-refractivity contribution in [2.45, 2.75) is 6.92 Å². The predicted molar refractivity (Wildman–Crippen MR) is 73.4 cm³/mol. The first-order chi connectivity index (χ1) is 8.83. The van der Waals surface area contributed by atoms with Gasteiger partial charge in [0, 0.05) is 30.8 Å². The molecule has 0 N–H and O–H groups in total. The molecule has 0 radical (unpaired) electrons. The van der Waals surface area contributed by atoms with Crippen LogP contribution in [0.4, 0.5) is 5.82 Å². The summed E-state index contributed by atoms with van der Waals surface area (Å²) in [6.45, 7) is 4.07. The zero-order valence-corrected chi connectivity index (χ0v) is 11.1. The van der Waals surface area contributed by atoms with Gasteiger partial charge in [0.1, 0.15) is 0 Å². The van der Waals surface area contributed by atoms with E-state index in [4.69, 9.17) is 0 Å². The normalized spacial score (nSPS) is 15.9. The van der Waals surface area contributed by atoms with Gasteiger partial charge >= 0.3 is 0 Å². The molecule has 1 aliphatic heterocycles. The minimum Gasteiger partial charge on any atom is -0.353 e. The Hall–Kier alpha value is -1.56. The maximum atomic E-state index is 4.32. The Morgan fingerprint density at radius 3 is 2.39 bits per heavy atom. The molecule has 0 aliphatic carbocycles. The molecule has 1 fully saturated rings. The summed E-state index contributed by atoms with van der Waals surface area (Å²) in [4.78, 5) is 2.28. The molecular formula is C12H15N5S. The number of anilines is 1. The van der Waals surface area contributed by atoms with Crippen LogP contribution in [0.3, 0.4) is 0 Å². The van der Waals surface area contributed by atoms with Crippen LogP contribution in [0.1, 0.15) is 5.69 Å². The third-order valence-electron chi connectivity index (χ3n) is 2.93. The summed E-state index contributed by atoms with van der Waals surface area (Å²) in [5.74, 6) is 4.06. The monoisotopic (exact) mass is 261 g/mol. The first-order valence-electron chi connectivity index (χ1n) is 6.02. The van der Waals surface area contributed by atoms with Crippen LogP contribution in [0, 0.1) is 6.92 Å². The van der Waals surface area contributed by atoms with E-state index in [-0.39, 0.29) is 0 Å². The standard InChI is InChI=1S/C12H15N5S/c1-10-4-5-17(15-10)12-3-2-11(13-14-12)16-6-8-18-9-7-16/h2-5H,6-9H2,1H3. The Kier molecular flexibility index (Phi) is 3.19. The van der Waals surface area contributed by atoms with E-state index < -0.39 is 0 Å². The topological polar surface area (TPSA) is 46.8 Å². The van der Waals surface area contributed by atoms with Crippen molar-refractivity contribution < 1.29 is 0 Å². The van der Waals surface area contributed by atoms with Gasteiger partial charge in [0.25, 0.3) is 0 Å². The summed E-state index contributed by atoms with van der Waals surface area (Å²) in [7, 11) is 0. The first kappa shape index (κ1) is 11.5. The van der Waals surface area contributed by atoms with Crippen molar-refractivity contribution >= 4 is 17.6 Å². The molecule has 2 aromatic heterocycles. The molecule has 1 aliphatic rings. The van der Waals surface area contributed by atoms with E-state index in [1.807, 2.05) is 43.1 Å². The van der Waals surface area contributed by atoms with E-state index >= 15 is 0 Å². The number of nitrogens with zero attached hydrogens (tertiary/aromatic N) is 5. The van der Waals surface area contributed by atoms with Crippen molar-refractivity contribution in [3.05, 3.63) is 30.1 Å². The Morgan fingerprint density at radius 1 is 1.06 bits per heavy atom. The Bertz CT molecular complexity index is 516. The molecule has 0 saturated carbocycles. The molecule has 0 amide bonds. The zero-order chi connectivity index (χ0) is 12.4. The van der Waals surface area contributed by atoms with Crippen molar-refractivity contribution in [3.8, 4) is 5.82 Å². The highest BCUT2D eigenvalue weighted by Crippen LogP contribution is 2.16. The molecule has 18 heavy (non-hydrogen) atoms. The lowest BCUT2D eigenvalue weighted by molar-refractivity contribution is 0.778. The van der Waals surface area contributed by atoms with Crippen LogP contribution in [0.15, 0.2) is 24.4 Å². The molecule has 0 atom stereocenters. The van der Waals surface area contributed by atoms with Gasteiger partial charge in [-0.05, 0) is 25.1 Å².